The van der Waals surface area contributed by atoms with Crippen molar-refractivity contribution >= 4 is 39.8 Å². The highest BCUT2D eigenvalue weighted by Crippen LogP contribution is 2.32. The second-order valence-electron chi connectivity index (χ2n) is 11.2. The summed E-state index contributed by atoms with van der Waals surface area (Å²) >= 11 is 0. The summed E-state index contributed by atoms with van der Waals surface area (Å²) in [5.41, 5.74) is 5.66. The molecule has 47 heavy (non-hydrogen) atoms. The Balaban J connectivity index is 0.000000189. The standard InChI is InChI=1S/C21H21NO4.C18H17NO2/c1-25-20(23)17(13-12-15-8-4-3-5-9-15)18-14-22(21(24)26-2)19-11-7-6-10-16(18)19;20-18(21)15(11-10-13-6-2-1-3-7-13)16-12-19-17-9-5-4-8-14(16)17/h3-11,14,17H,12-13H2,1-2H3;1-9,12,15,19H,10-11H2,(H,20,21). The Morgan fingerprint density at radius 2 is 1.23 bits per heavy atom. The number of nitrogens with one attached hydrogen (secondary N) is 1. The number of carboxylic acids is 1. The van der Waals surface area contributed by atoms with Crippen molar-refractivity contribution < 1.29 is 29.0 Å². The summed E-state index contributed by atoms with van der Waals surface area (Å²) in [7, 11) is 2.72. The number of ether oxygens (including phenoxy) is 2. The van der Waals surface area contributed by atoms with E-state index in [2.05, 4.69) is 4.98 Å². The number of carbonyl (C=O) groups excluding carboxylic acids is 2. The summed E-state index contributed by atoms with van der Waals surface area (Å²) in [4.78, 5) is 39.4. The number of aromatic nitrogens is 2. The van der Waals surface area contributed by atoms with Gasteiger partial charge < -0.3 is 19.6 Å². The minimum Gasteiger partial charge on any atom is -0.481 e. The maximum absolute atomic E-state index is 12.5. The Hall–Kier alpha value is -5.63. The van der Waals surface area contributed by atoms with Crippen molar-refractivity contribution in [3.63, 3.8) is 0 Å². The van der Waals surface area contributed by atoms with Crippen LogP contribution in [0.3, 0.4) is 0 Å². The number of H-pyrrole nitrogens is 1. The molecule has 2 aromatic heterocycles. The molecular formula is C39H38N2O6. The van der Waals surface area contributed by atoms with E-state index < -0.39 is 23.9 Å². The third kappa shape index (κ3) is 7.79. The zero-order valence-electron chi connectivity index (χ0n) is 26.5. The molecule has 0 aliphatic rings. The molecule has 0 aliphatic heterocycles. The minimum atomic E-state index is -0.768. The number of aromatic amines is 1. The van der Waals surface area contributed by atoms with Gasteiger partial charge in [-0.15, -0.1) is 0 Å². The van der Waals surface area contributed by atoms with Crippen LogP contribution in [0, 0.1) is 0 Å². The van der Waals surface area contributed by atoms with Crippen LogP contribution in [0.5, 0.6) is 0 Å². The van der Waals surface area contributed by atoms with E-state index >= 15 is 0 Å². The maximum atomic E-state index is 12.5. The number of rotatable bonds is 10. The second-order valence-corrected chi connectivity index (χ2v) is 11.2. The fraction of sp³-hybridized carbons (Fsp3) is 0.205. The number of aliphatic carboxylic acids is 1. The summed E-state index contributed by atoms with van der Waals surface area (Å²) < 4.78 is 11.3. The van der Waals surface area contributed by atoms with Crippen LogP contribution in [0.4, 0.5) is 4.79 Å². The van der Waals surface area contributed by atoms with Gasteiger partial charge in [0.1, 0.15) is 0 Å². The number of benzene rings is 4. The summed E-state index contributed by atoms with van der Waals surface area (Å²) in [6, 6.07) is 35.3. The van der Waals surface area contributed by atoms with Gasteiger partial charge >= 0.3 is 18.0 Å². The lowest BCUT2D eigenvalue weighted by Gasteiger charge is -2.14. The lowest BCUT2D eigenvalue weighted by atomic mass is 9.92. The molecule has 0 spiro atoms. The van der Waals surface area contributed by atoms with E-state index in [-0.39, 0.29) is 5.97 Å². The number of hydrogen-bond donors (Lipinski definition) is 2. The summed E-state index contributed by atoms with van der Waals surface area (Å²) in [5.74, 6) is -2.03. The molecule has 2 unspecified atom stereocenters. The number of carboxylic acid groups (broad SMARTS) is 1. The molecule has 0 saturated heterocycles. The first-order valence-corrected chi connectivity index (χ1v) is 15.5. The molecule has 2 heterocycles. The summed E-state index contributed by atoms with van der Waals surface area (Å²) in [6.07, 6.45) is 5.71. The van der Waals surface area contributed by atoms with Crippen LogP contribution in [0.15, 0.2) is 122 Å². The van der Waals surface area contributed by atoms with Crippen molar-refractivity contribution in [1.29, 1.82) is 0 Å². The third-order valence-corrected chi connectivity index (χ3v) is 8.40. The number of para-hydroxylation sites is 2. The smallest absolute Gasteiger partial charge is 0.418 e. The van der Waals surface area contributed by atoms with Gasteiger partial charge in [-0.1, -0.05) is 97.1 Å². The van der Waals surface area contributed by atoms with E-state index in [1.165, 1.54) is 24.4 Å². The van der Waals surface area contributed by atoms with Crippen molar-refractivity contribution in [1.82, 2.24) is 9.55 Å². The van der Waals surface area contributed by atoms with Crippen LogP contribution in [-0.2, 0) is 31.9 Å². The fourth-order valence-electron chi connectivity index (χ4n) is 5.98. The number of methoxy groups -OCH3 is 2. The SMILES string of the molecule is COC(=O)C(CCc1ccccc1)c1cn(C(=O)OC)c2ccccc12.O=C(O)C(CCc1ccccc1)c1c[nH]c2ccccc12. The molecule has 6 rings (SSSR count). The fourth-order valence-corrected chi connectivity index (χ4v) is 5.98. The highest BCUT2D eigenvalue weighted by molar-refractivity contribution is 5.95. The van der Waals surface area contributed by atoms with Crippen LogP contribution in [-0.4, -0.2) is 46.9 Å². The molecule has 0 bridgehead atoms. The Morgan fingerprint density at radius 3 is 1.83 bits per heavy atom. The lowest BCUT2D eigenvalue weighted by Crippen LogP contribution is -2.15. The monoisotopic (exact) mass is 630 g/mol. The van der Waals surface area contributed by atoms with Crippen molar-refractivity contribution in [2.75, 3.05) is 14.2 Å². The second kappa shape index (κ2) is 15.6. The molecule has 240 valence electrons. The number of carbonyl (C=O) groups is 3. The lowest BCUT2D eigenvalue weighted by molar-refractivity contribution is -0.142. The van der Waals surface area contributed by atoms with Gasteiger partial charge in [-0.2, -0.15) is 0 Å². The van der Waals surface area contributed by atoms with Gasteiger partial charge in [-0.05, 0) is 60.1 Å². The molecule has 4 aromatic carbocycles. The first-order valence-electron chi connectivity index (χ1n) is 15.5. The Labute approximate surface area is 273 Å². The normalized spacial score (nSPS) is 12.1. The third-order valence-electron chi connectivity index (χ3n) is 8.40. The highest BCUT2D eigenvalue weighted by Gasteiger charge is 2.27. The van der Waals surface area contributed by atoms with E-state index in [1.807, 2.05) is 115 Å². The number of aryl methyl sites for hydroxylation is 2. The van der Waals surface area contributed by atoms with E-state index in [4.69, 9.17) is 9.47 Å². The molecule has 0 saturated carbocycles. The molecule has 0 radical (unpaired) electrons. The van der Waals surface area contributed by atoms with Gasteiger partial charge in [0.2, 0.25) is 0 Å². The molecule has 0 aliphatic carbocycles. The largest absolute Gasteiger partial charge is 0.481 e. The van der Waals surface area contributed by atoms with E-state index in [0.717, 1.165) is 45.8 Å². The van der Waals surface area contributed by atoms with Gasteiger partial charge in [0.15, 0.2) is 0 Å². The first-order chi connectivity index (χ1) is 22.9. The predicted molar refractivity (Wildman–Crippen MR) is 183 cm³/mol. The maximum Gasteiger partial charge on any atom is 0.418 e. The van der Waals surface area contributed by atoms with Crippen molar-refractivity contribution in [3.8, 4) is 0 Å². The number of esters is 1. The van der Waals surface area contributed by atoms with E-state index in [0.29, 0.717) is 18.4 Å². The molecule has 8 nitrogen and oxygen atoms in total. The van der Waals surface area contributed by atoms with Crippen molar-refractivity contribution in [2.45, 2.75) is 37.5 Å². The average Bonchev–Trinajstić information content (AvgIpc) is 3.71. The molecule has 2 N–H and O–H groups in total. The van der Waals surface area contributed by atoms with Crippen molar-refractivity contribution in [2.24, 2.45) is 0 Å². The quantitative estimate of drug-likeness (QED) is 0.148. The number of fused-ring (bicyclic) bond motifs is 2. The van der Waals surface area contributed by atoms with Crippen molar-refractivity contribution in [3.05, 3.63) is 144 Å². The van der Waals surface area contributed by atoms with Crippen LogP contribution in [0.2, 0.25) is 0 Å². The molecule has 2 atom stereocenters. The molecule has 6 aromatic rings. The summed E-state index contributed by atoms with van der Waals surface area (Å²) in [6.45, 7) is 0. The number of hydrogen-bond acceptors (Lipinski definition) is 5. The van der Waals surface area contributed by atoms with Gasteiger partial charge in [-0.25, -0.2) is 4.79 Å². The minimum absolute atomic E-state index is 0.311. The molecular weight excluding hydrogens is 592 g/mol. The zero-order valence-corrected chi connectivity index (χ0v) is 26.5. The zero-order chi connectivity index (χ0) is 33.2. The Bertz CT molecular complexity index is 1940. The van der Waals surface area contributed by atoms with Crippen LogP contribution in [0.1, 0.15) is 46.9 Å². The topological polar surface area (TPSA) is 111 Å². The Morgan fingerprint density at radius 1 is 0.681 bits per heavy atom. The van der Waals surface area contributed by atoms with Gasteiger partial charge in [0.25, 0.3) is 0 Å². The van der Waals surface area contributed by atoms with E-state index in [1.54, 1.807) is 6.20 Å². The summed E-state index contributed by atoms with van der Waals surface area (Å²) in [5, 5.41) is 11.4. The average molecular weight is 631 g/mol. The molecule has 0 amide bonds. The molecule has 0 fully saturated rings. The Kier molecular flexibility index (Phi) is 10.9. The van der Waals surface area contributed by atoms with Gasteiger partial charge in [0, 0.05) is 28.7 Å². The van der Waals surface area contributed by atoms with Gasteiger partial charge in [-0.3, -0.25) is 14.2 Å². The van der Waals surface area contributed by atoms with Crippen LogP contribution < -0.4 is 0 Å². The number of nitrogens with zero attached hydrogens (tertiary/aromatic N) is 1. The highest BCUT2D eigenvalue weighted by atomic mass is 16.5. The van der Waals surface area contributed by atoms with Crippen LogP contribution >= 0.6 is 0 Å². The first kappa shape index (κ1) is 32.8. The molecule has 8 heteroatoms. The van der Waals surface area contributed by atoms with Gasteiger partial charge in [0.05, 0.1) is 31.6 Å². The van der Waals surface area contributed by atoms with Crippen LogP contribution in [0.25, 0.3) is 21.8 Å². The predicted octanol–water partition coefficient (Wildman–Crippen LogP) is 8.11. The van der Waals surface area contributed by atoms with E-state index in [9.17, 15) is 19.5 Å².